The highest BCUT2D eigenvalue weighted by atomic mass is 35.5. The zero-order valence-electron chi connectivity index (χ0n) is 9.89. The molecule has 0 aliphatic rings. The molecule has 3 nitrogen and oxygen atoms in total. The van der Waals surface area contributed by atoms with Crippen LogP contribution in [-0.4, -0.2) is 10.9 Å². The van der Waals surface area contributed by atoms with Gasteiger partial charge in [-0.2, -0.15) is 0 Å². The largest absolute Gasteiger partial charge is 0.389 e. The second-order valence-corrected chi connectivity index (χ2v) is 4.78. The number of carbonyl (C=O) groups is 1. The predicted octanol–water partition coefficient (Wildman–Crippen LogP) is 3.23. The van der Waals surface area contributed by atoms with Gasteiger partial charge in [0.2, 0.25) is 0 Å². The minimum Gasteiger partial charge on any atom is -0.389 e. The standard InChI is InChI=1S/C14H11ClN2OS/c15-11-2-1-3-12(8-11)17-14(18)10-6-4-9(5-7-10)13(16)19/h1-8H,(H2,16,19)(H,17,18). The molecule has 5 heteroatoms. The highest BCUT2D eigenvalue weighted by molar-refractivity contribution is 7.80. The summed E-state index contributed by atoms with van der Waals surface area (Å²) in [6, 6.07) is 13.8. The van der Waals surface area contributed by atoms with Crippen molar-refractivity contribution in [2.75, 3.05) is 5.32 Å². The van der Waals surface area contributed by atoms with E-state index in [9.17, 15) is 4.79 Å². The fourth-order valence-electron chi connectivity index (χ4n) is 1.56. The second-order valence-electron chi connectivity index (χ2n) is 3.91. The quantitative estimate of drug-likeness (QED) is 0.853. The Bertz CT molecular complexity index is 626. The van der Waals surface area contributed by atoms with E-state index in [1.807, 2.05) is 0 Å². The van der Waals surface area contributed by atoms with Crippen molar-refractivity contribution < 1.29 is 4.79 Å². The maximum atomic E-state index is 12.0. The number of rotatable bonds is 3. The van der Waals surface area contributed by atoms with E-state index in [1.54, 1.807) is 48.5 Å². The van der Waals surface area contributed by atoms with Gasteiger partial charge >= 0.3 is 0 Å². The number of benzene rings is 2. The maximum Gasteiger partial charge on any atom is 0.255 e. The molecule has 2 aromatic carbocycles. The van der Waals surface area contributed by atoms with E-state index < -0.39 is 0 Å². The summed E-state index contributed by atoms with van der Waals surface area (Å²) in [4.78, 5) is 12.3. The van der Waals surface area contributed by atoms with Crippen LogP contribution in [-0.2, 0) is 0 Å². The van der Waals surface area contributed by atoms with Crippen LogP contribution in [0.15, 0.2) is 48.5 Å². The molecule has 96 valence electrons. The molecule has 0 fully saturated rings. The van der Waals surface area contributed by atoms with Crippen LogP contribution in [0, 0.1) is 0 Å². The van der Waals surface area contributed by atoms with Crippen molar-refractivity contribution in [3.63, 3.8) is 0 Å². The van der Waals surface area contributed by atoms with E-state index in [0.29, 0.717) is 21.3 Å². The molecule has 0 aliphatic heterocycles. The molecule has 0 bridgehead atoms. The first-order valence-electron chi connectivity index (χ1n) is 5.53. The fourth-order valence-corrected chi connectivity index (χ4v) is 1.88. The first-order chi connectivity index (χ1) is 9.06. The van der Waals surface area contributed by atoms with Crippen molar-refractivity contribution in [3.8, 4) is 0 Å². The van der Waals surface area contributed by atoms with Crippen molar-refractivity contribution in [2.45, 2.75) is 0 Å². The van der Waals surface area contributed by atoms with Gasteiger partial charge in [0.1, 0.15) is 4.99 Å². The lowest BCUT2D eigenvalue weighted by atomic mass is 10.1. The smallest absolute Gasteiger partial charge is 0.255 e. The average molecular weight is 291 g/mol. The van der Waals surface area contributed by atoms with Crippen LogP contribution < -0.4 is 11.1 Å². The monoisotopic (exact) mass is 290 g/mol. The second kappa shape index (κ2) is 5.82. The number of thiocarbonyl (C=S) groups is 1. The van der Waals surface area contributed by atoms with E-state index in [2.05, 4.69) is 5.32 Å². The Balaban J connectivity index is 2.14. The SMILES string of the molecule is NC(=S)c1ccc(C(=O)Nc2cccc(Cl)c2)cc1. The van der Waals surface area contributed by atoms with E-state index >= 15 is 0 Å². The number of nitrogens with one attached hydrogen (secondary N) is 1. The number of carbonyl (C=O) groups excluding carboxylic acids is 1. The zero-order chi connectivity index (χ0) is 13.8. The lowest BCUT2D eigenvalue weighted by Crippen LogP contribution is -2.13. The normalized spacial score (nSPS) is 9.95. The van der Waals surface area contributed by atoms with E-state index in [4.69, 9.17) is 29.6 Å². The number of amides is 1. The first kappa shape index (κ1) is 13.5. The summed E-state index contributed by atoms with van der Waals surface area (Å²) in [5.41, 5.74) is 7.40. The third-order valence-electron chi connectivity index (χ3n) is 2.51. The molecule has 0 radical (unpaired) electrons. The van der Waals surface area contributed by atoms with Crippen LogP contribution in [0.4, 0.5) is 5.69 Å². The summed E-state index contributed by atoms with van der Waals surface area (Å²) in [7, 11) is 0. The van der Waals surface area contributed by atoms with E-state index in [0.717, 1.165) is 5.56 Å². The minimum absolute atomic E-state index is 0.211. The third kappa shape index (κ3) is 3.53. The fraction of sp³-hybridized carbons (Fsp3) is 0. The van der Waals surface area contributed by atoms with Crippen LogP contribution in [0.5, 0.6) is 0 Å². The number of halogens is 1. The molecule has 0 heterocycles. The van der Waals surface area contributed by atoms with Crippen molar-refractivity contribution in [2.24, 2.45) is 5.73 Å². The van der Waals surface area contributed by atoms with Crippen molar-refractivity contribution >= 4 is 40.4 Å². The molecule has 19 heavy (non-hydrogen) atoms. The van der Waals surface area contributed by atoms with Crippen LogP contribution >= 0.6 is 23.8 Å². The lowest BCUT2D eigenvalue weighted by molar-refractivity contribution is 0.102. The van der Waals surface area contributed by atoms with Crippen molar-refractivity contribution in [1.82, 2.24) is 0 Å². The van der Waals surface area contributed by atoms with E-state index in [-0.39, 0.29) is 5.91 Å². The zero-order valence-corrected chi connectivity index (χ0v) is 11.5. The van der Waals surface area contributed by atoms with Gasteiger partial charge < -0.3 is 11.1 Å². The molecule has 2 rings (SSSR count). The molecule has 0 atom stereocenters. The summed E-state index contributed by atoms with van der Waals surface area (Å²) in [6.07, 6.45) is 0. The number of anilines is 1. The molecule has 0 aromatic heterocycles. The summed E-state index contributed by atoms with van der Waals surface area (Å²) >= 11 is 10.7. The number of hydrogen-bond acceptors (Lipinski definition) is 2. The molecule has 0 saturated carbocycles. The molecule has 0 aliphatic carbocycles. The van der Waals surface area contributed by atoms with Gasteiger partial charge in [0.05, 0.1) is 0 Å². The predicted molar refractivity (Wildman–Crippen MR) is 81.7 cm³/mol. The van der Waals surface area contributed by atoms with Crippen molar-refractivity contribution in [3.05, 3.63) is 64.7 Å². The van der Waals surface area contributed by atoms with Gasteiger partial charge in [-0.25, -0.2) is 0 Å². The Morgan fingerprint density at radius 2 is 1.74 bits per heavy atom. The van der Waals surface area contributed by atoms with Gasteiger partial charge in [-0.3, -0.25) is 4.79 Å². The van der Waals surface area contributed by atoms with Gasteiger partial charge in [0.25, 0.3) is 5.91 Å². The summed E-state index contributed by atoms with van der Waals surface area (Å²) in [5.74, 6) is -0.211. The number of nitrogens with two attached hydrogens (primary N) is 1. The molecule has 0 spiro atoms. The highest BCUT2D eigenvalue weighted by Crippen LogP contribution is 2.16. The lowest BCUT2D eigenvalue weighted by Gasteiger charge is -2.06. The average Bonchev–Trinajstić information content (AvgIpc) is 2.39. The Hall–Kier alpha value is -1.91. The summed E-state index contributed by atoms with van der Waals surface area (Å²) < 4.78 is 0. The van der Waals surface area contributed by atoms with Crippen LogP contribution in [0.25, 0.3) is 0 Å². The van der Waals surface area contributed by atoms with Gasteiger partial charge in [0.15, 0.2) is 0 Å². The van der Waals surface area contributed by atoms with Crippen LogP contribution in [0.2, 0.25) is 5.02 Å². The van der Waals surface area contributed by atoms with Gasteiger partial charge in [-0.1, -0.05) is 42.0 Å². The highest BCUT2D eigenvalue weighted by Gasteiger charge is 2.06. The molecular weight excluding hydrogens is 280 g/mol. The third-order valence-corrected chi connectivity index (χ3v) is 2.98. The molecule has 1 amide bonds. The first-order valence-corrected chi connectivity index (χ1v) is 6.31. The molecule has 2 aromatic rings. The molecule has 3 N–H and O–H groups in total. The molecular formula is C14H11ClN2OS. The van der Waals surface area contributed by atoms with Gasteiger partial charge in [-0.05, 0) is 30.3 Å². The van der Waals surface area contributed by atoms with E-state index in [1.165, 1.54) is 0 Å². The van der Waals surface area contributed by atoms with Gasteiger partial charge in [-0.15, -0.1) is 0 Å². The summed E-state index contributed by atoms with van der Waals surface area (Å²) in [5, 5.41) is 3.33. The maximum absolute atomic E-state index is 12.0. The van der Waals surface area contributed by atoms with Gasteiger partial charge in [0, 0.05) is 21.8 Å². The molecule has 0 saturated heterocycles. The van der Waals surface area contributed by atoms with Crippen molar-refractivity contribution in [1.29, 1.82) is 0 Å². The molecule has 0 unspecified atom stereocenters. The topological polar surface area (TPSA) is 55.1 Å². The minimum atomic E-state index is -0.211. The van der Waals surface area contributed by atoms with Crippen LogP contribution in [0.3, 0.4) is 0 Å². The number of hydrogen-bond donors (Lipinski definition) is 2. The Morgan fingerprint density at radius 1 is 1.11 bits per heavy atom. The Morgan fingerprint density at radius 3 is 2.32 bits per heavy atom. The van der Waals surface area contributed by atoms with Crippen LogP contribution in [0.1, 0.15) is 15.9 Å². The Labute approximate surface area is 121 Å². The summed E-state index contributed by atoms with van der Waals surface area (Å²) in [6.45, 7) is 0. The Kier molecular flexibility index (Phi) is 4.14.